The largest absolute Gasteiger partial charge is 1.00 e. The molecular weight excluding hydrogens is 239 g/mol. The van der Waals surface area contributed by atoms with Crippen molar-refractivity contribution >= 4 is 5.97 Å². The Hall–Kier alpha value is -0.510. The number of carbonyl (C=O) groups excluding carboxylic acids is 1. The Morgan fingerprint density at radius 1 is 1.28 bits per heavy atom. The molecule has 0 bridgehead atoms. The van der Waals surface area contributed by atoms with E-state index < -0.39 is 5.97 Å². The fraction of sp³-hybridized carbons (Fsp3) is 0.500. The van der Waals surface area contributed by atoms with Gasteiger partial charge < -0.3 is 15.0 Å². The Balaban J connectivity index is 0.00000289. The van der Waals surface area contributed by atoms with Gasteiger partial charge in [0.1, 0.15) is 5.75 Å². The van der Waals surface area contributed by atoms with E-state index in [1.54, 1.807) is 6.07 Å². The number of unbranched alkanes of at least 4 members (excludes halogenated alkanes) is 2. The third-order valence-electron chi connectivity index (χ3n) is 2.81. The van der Waals surface area contributed by atoms with Gasteiger partial charge in [0.2, 0.25) is 0 Å². The Labute approximate surface area is 131 Å². The Morgan fingerprint density at radius 2 is 2.00 bits per heavy atom. The molecule has 0 amide bonds. The second-order valence-corrected chi connectivity index (χ2v) is 4.29. The summed E-state index contributed by atoms with van der Waals surface area (Å²) >= 11 is 0. The average molecular weight is 258 g/mol. The number of phenols is 1. The molecule has 1 aromatic carbocycles. The maximum absolute atomic E-state index is 10.4. The van der Waals surface area contributed by atoms with Crippen molar-refractivity contribution in [3.05, 3.63) is 29.3 Å². The first-order valence-electron chi connectivity index (χ1n) is 6.14. The van der Waals surface area contributed by atoms with Gasteiger partial charge >= 0.3 is 29.6 Å². The van der Waals surface area contributed by atoms with E-state index in [0.29, 0.717) is 12.0 Å². The summed E-state index contributed by atoms with van der Waals surface area (Å²) in [5, 5.41) is 20.0. The quantitative estimate of drug-likeness (QED) is 0.494. The smallest absolute Gasteiger partial charge is 0.550 e. The summed E-state index contributed by atoms with van der Waals surface area (Å²) in [6.45, 7) is 2.15. The molecular formula is C14H19NaO3. The topological polar surface area (TPSA) is 60.4 Å². The minimum atomic E-state index is -1.08. The van der Waals surface area contributed by atoms with Gasteiger partial charge in [-0.25, -0.2) is 0 Å². The number of aliphatic carboxylic acids is 1. The zero-order valence-electron chi connectivity index (χ0n) is 11.2. The monoisotopic (exact) mass is 258 g/mol. The number of aromatic hydroxyl groups is 1. The van der Waals surface area contributed by atoms with Crippen LogP contribution in [0.4, 0.5) is 0 Å². The first-order chi connectivity index (χ1) is 8.13. The Bertz CT molecular complexity index is 377. The van der Waals surface area contributed by atoms with Gasteiger partial charge in [0.05, 0.1) is 0 Å². The van der Waals surface area contributed by atoms with Crippen molar-refractivity contribution in [1.29, 1.82) is 0 Å². The molecule has 0 spiro atoms. The standard InChI is InChI=1S/C14H20O3.Na/c1-2-3-4-5-11-6-8-13(15)12(10-11)7-9-14(16)17;/h6,8,10,15H,2-5,7,9H2,1H3,(H,16,17);/q;+1/p-1. The predicted octanol–water partition coefficient (Wildman–Crippen LogP) is -1.19. The molecule has 18 heavy (non-hydrogen) atoms. The van der Waals surface area contributed by atoms with Gasteiger partial charge in [-0.3, -0.25) is 0 Å². The molecule has 3 nitrogen and oxygen atoms in total. The summed E-state index contributed by atoms with van der Waals surface area (Å²) in [6.07, 6.45) is 4.75. The molecule has 4 heteroatoms. The van der Waals surface area contributed by atoms with E-state index in [4.69, 9.17) is 0 Å². The fourth-order valence-corrected chi connectivity index (χ4v) is 1.81. The van der Waals surface area contributed by atoms with Crippen molar-refractivity contribution in [2.75, 3.05) is 0 Å². The molecule has 0 aromatic heterocycles. The Morgan fingerprint density at radius 3 is 2.61 bits per heavy atom. The van der Waals surface area contributed by atoms with E-state index in [1.807, 2.05) is 12.1 Å². The number of benzene rings is 1. The molecule has 94 valence electrons. The molecule has 1 rings (SSSR count). The number of hydrogen-bond acceptors (Lipinski definition) is 3. The van der Waals surface area contributed by atoms with E-state index in [2.05, 4.69) is 6.92 Å². The Kier molecular flexibility index (Phi) is 9.16. The molecule has 0 radical (unpaired) electrons. The van der Waals surface area contributed by atoms with Crippen LogP contribution in [-0.4, -0.2) is 11.1 Å². The third kappa shape index (κ3) is 6.43. The number of hydrogen-bond donors (Lipinski definition) is 1. The van der Waals surface area contributed by atoms with Crippen molar-refractivity contribution < 1.29 is 44.6 Å². The first kappa shape index (κ1) is 17.5. The molecule has 0 aliphatic carbocycles. The van der Waals surface area contributed by atoms with Crippen LogP contribution in [-0.2, 0) is 17.6 Å². The number of carboxylic acid groups (broad SMARTS) is 1. The van der Waals surface area contributed by atoms with E-state index in [1.165, 1.54) is 12.8 Å². The van der Waals surface area contributed by atoms with Gasteiger partial charge in [-0.1, -0.05) is 31.9 Å². The zero-order chi connectivity index (χ0) is 12.7. The van der Waals surface area contributed by atoms with Crippen LogP contribution >= 0.6 is 0 Å². The van der Waals surface area contributed by atoms with Crippen LogP contribution < -0.4 is 34.7 Å². The van der Waals surface area contributed by atoms with Crippen LogP contribution in [0.5, 0.6) is 5.75 Å². The summed E-state index contributed by atoms with van der Waals surface area (Å²) in [5.74, 6) is -0.911. The van der Waals surface area contributed by atoms with Gasteiger partial charge in [0, 0.05) is 5.97 Å². The molecule has 0 unspecified atom stereocenters. The van der Waals surface area contributed by atoms with Crippen molar-refractivity contribution in [2.24, 2.45) is 0 Å². The van der Waals surface area contributed by atoms with Gasteiger partial charge in [-0.15, -0.1) is 0 Å². The number of aryl methyl sites for hydroxylation is 2. The maximum Gasteiger partial charge on any atom is 1.00 e. The molecule has 0 aliphatic heterocycles. The van der Waals surface area contributed by atoms with E-state index in [0.717, 1.165) is 18.4 Å². The predicted molar refractivity (Wildman–Crippen MR) is 64.7 cm³/mol. The van der Waals surface area contributed by atoms with E-state index >= 15 is 0 Å². The summed E-state index contributed by atoms with van der Waals surface area (Å²) in [5.41, 5.74) is 1.85. The summed E-state index contributed by atoms with van der Waals surface area (Å²) in [7, 11) is 0. The minimum Gasteiger partial charge on any atom is -0.550 e. The van der Waals surface area contributed by atoms with Crippen LogP contribution in [0.3, 0.4) is 0 Å². The van der Waals surface area contributed by atoms with Crippen molar-refractivity contribution in [3.63, 3.8) is 0 Å². The van der Waals surface area contributed by atoms with Crippen LogP contribution in [0.15, 0.2) is 18.2 Å². The average Bonchev–Trinajstić information content (AvgIpc) is 2.29. The van der Waals surface area contributed by atoms with Crippen LogP contribution in [0.2, 0.25) is 0 Å². The molecule has 1 N–H and O–H groups in total. The summed E-state index contributed by atoms with van der Waals surface area (Å²) < 4.78 is 0. The van der Waals surface area contributed by atoms with Gasteiger partial charge in [-0.2, -0.15) is 0 Å². The van der Waals surface area contributed by atoms with Gasteiger partial charge in [0.25, 0.3) is 0 Å². The van der Waals surface area contributed by atoms with Crippen LogP contribution in [0, 0.1) is 0 Å². The van der Waals surface area contributed by atoms with E-state index in [-0.39, 0.29) is 41.7 Å². The zero-order valence-corrected chi connectivity index (χ0v) is 13.2. The van der Waals surface area contributed by atoms with Gasteiger partial charge in [-0.05, 0) is 42.9 Å². The number of phenolic OH excluding ortho intramolecular Hbond substituents is 1. The number of carbonyl (C=O) groups is 1. The fourth-order valence-electron chi connectivity index (χ4n) is 1.81. The van der Waals surface area contributed by atoms with Crippen molar-refractivity contribution in [3.8, 4) is 5.75 Å². The molecule has 0 saturated carbocycles. The van der Waals surface area contributed by atoms with Crippen LogP contribution in [0.1, 0.15) is 43.7 Å². The normalized spacial score (nSPS) is 9.83. The second-order valence-electron chi connectivity index (χ2n) is 4.29. The molecule has 0 heterocycles. The van der Waals surface area contributed by atoms with Crippen molar-refractivity contribution in [1.82, 2.24) is 0 Å². The molecule has 0 saturated heterocycles. The number of carboxylic acids is 1. The van der Waals surface area contributed by atoms with Crippen molar-refractivity contribution in [2.45, 2.75) is 45.4 Å². The molecule has 1 aromatic rings. The second kappa shape index (κ2) is 9.42. The SMILES string of the molecule is CCCCCc1ccc(O)c(CCC(=O)[O-])c1.[Na+]. The minimum absolute atomic E-state index is 0. The van der Waals surface area contributed by atoms with Crippen LogP contribution in [0.25, 0.3) is 0 Å². The summed E-state index contributed by atoms with van der Waals surface area (Å²) in [4.78, 5) is 10.4. The molecule has 0 aliphatic rings. The molecule has 0 atom stereocenters. The maximum atomic E-state index is 10.4. The van der Waals surface area contributed by atoms with Gasteiger partial charge in [0.15, 0.2) is 0 Å². The van der Waals surface area contributed by atoms with E-state index in [9.17, 15) is 15.0 Å². The first-order valence-corrected chi connectivity index (χ1v) is 6.14. The molecule has 0 fully saturated rings. The number of rotatable bonds is 7. The summed E-state index contributed by atoms with van der Waals surface area (Å²) in [6, 6.07) is 5.44. The third-order valence-corrected chi connectivity index (χ3v) is 2.81.